The van der Waals surface area contributed by atoms with Gasteiger partial charge >= 0.3 is 11.9 Å². The molecular weight excluding hydrogens is 412 g/mol. The zero-order chi connectivity index (χ0) is 22.7. The van der Waals surface area contributed by atoms with Crippen LogP contribution in [-0.2, 0) is 25.7 Å². The molecule has 0 amide bonds. The maximum Gasteiger partial charge on any atom is 0.306 e. The van der Waals surface area contributed by atoms with Crippen molar-refractivity contribution in [2.75, 3.05) is 6.61 Å². The Morgan fingerprint density at radius 3 is 1.94 bits per heavy atom. The molecule has 0 radical (unpaired) electrons. The van der Waals surface area contributed by atoms with Gasteiger partial charge in [0.05, 0.1) is 6.61 Å². The lowest BCUT2D eigenvalue weighted by Crippen LogP contribution is -2.05. The highest BCUT2D eigenvalue weighted by molar-refractivity contribution is 6.30. The molecule has 176 valence electrons. The first-order chi connectivity index (χ1) is 15.0. The summed E-state index contributed by atoms with van der Waals surface area (Å²) in [5, 5.41) is 0.692. The average molecular weight is 453 g/mol. The number of carbonyl (C=O) groups excluding carboxylic acids is 2. The van der Waals surface area contributed by atoms with Gasteiger partial charge in [0.25, 0.3) is 0 Å². The third-order valence-corrected chi connectivity index (χ3v) is 5.70. The van der Waals surface area contributed by atoms with E-state index in [1.54, 1.807) is 0 Å². The minimum Gasteiger partial charge on any atom is -0.466 e. The summed E-state index contributed by atoms with van der Waals surface area (Å²) in [4.78, 5) is 23.6. The van der Waals surface area contributed by atoms with E-state index in [-0.39, 0.29) is 11.9 Å². The maximum atomic E-state index is 11.9. The van der Waals surface area contributed by atoms with Gasteiger partial charge in [0.15, 0.2) is 0 Å². The number of unbranched alkanes of at least 4 members (excludes halogenated alkanes) is 10. The molecule has 0 aliphatic rings. The fraction of sp³-hybridized carbons (Fsp3) is 0.692. The Morgan fingerprint density at radius 2 is 1.32 bits per heavy atom. The van der Waals surface area contributed by atoms with Crippen LogP contribution in [0.5, 0.6) is 0 Å². The predicted octanol–water partition coefficient (Wildman–Crippen LogP) is 7.72. The highest BCUT2D eigenvalue weighted by Gasteiger charge is 2.06. The Balaban J connectivity index is 1.90. The fourth-order valence-corrected chi connectivity index (χ4v) is 3.66. The number of hydrogen-bond donors (Lipinski definition) is 0. The van der Waals surface area contributed by atoms with E-state index < -0.39 is 0 Å². The van der Waals surface area contributed by atoms with E-state index in [4.69, 9.17) is 21.1 Å². The molecule has 31 heavy (non-hydrogen) atoms. The second-order valence-corrected chi connectivity index (χ2v) is 8.78. The molecule has 0 aromatic heterocycles. The second-order valence-electron chi connectivity index (χ2n) is 8.34. The number of aryl methyl sites for hydroxylation is 1. The van der Waals surface area contributed by atoms with Gasteiger partial charge in [-0.2, -0.15) is 0 Å². The molecule has 0 saturated heterocycles. The molecule has 0 aliphatic heterocycles. The molecule has 1 aromatic rings. The summed E-state index contributed by atoms with van der Waals surface area (Å²) in [5.74, 6) is -0.213. The lowest BCUT2D eigenvalue weighted by Gasteiger charge is -2.08. The van der Waals surface area contributed by atoms with Crippen LogP contribution in [0.1, 0.15) is 108 Å². The number of rotatable bonds is 18. The van der Waals surface area contributed by atoms with E-state index in [1.807, 2.05) is 25.1 Å². The van der Waals surface area contributed by atoms with E-state index in [0.717, 1.165) is 62.5 Å². The first-order valence-electron chi connectivity index (χ1n) is 12.1. The molecule has 4 nitrogen and oxygen atoms in total. The summed E-state index contributed by atoms with van der Waals surface area (Å²) >= 11 is 5.94. The van der Waals surface area contributed by atoms with Crippen molar-refractivity contribution in [1.82, 2.24) is 0 Å². The Morgan fingerprint density at radius 1 is 0.774 bits per heavy atom. The number of halogens is 1. The van der Waals surface area contributed by atoms with Crippen molar-refractivity contribution in [1.29, 1.82) is 0 Å². The summed E-state index contributed by atoms with van der Waals surface area (Å²) in [6.45, 7) is 5.05. The SMILES string of the molecule is CCCCCCCCOC(=O)CCCCCCCCC(=O)OCc1ccc(Cl)cc1C. The van der Waals surface area contributed by atoms with Crippen LogP contribution < -0.4 is 0 Å². The second kappa shape index (κ2) is 18.1. The minimum absolute atomic E-state index is 0.0628. The number of carbonyl (C=O) groups is 2. The van der Waals surface area contributed by atoms with E-state index >= 15 is 0 Å². The highest BCUT2D eigenvalue weighted by atomic mass is 35.5. The smallest absolute Gasteiger partial charge is 0.306 e. The highest BCUT2D eigenvalue weighted by Crippen LogP contribution is 2.16. The number of ether oxygens (including phenoxy) is 2. The van der Waals surface area contributed by atoms with Crippen LogP contribution in [-0.4, -0.2) is 18.5 Å². The molecule has 0 N–H and O–H groups in total. The van der Waals surface area contributed by atoms with Crippen molar-refractivity contribution < 1.29 is 19.1 Å². The fourth-order valence-electron chi connectivity index (χ4n) is 3.44. The largest absolute Gasteiger partial charge is 0.466 e. The predicted molar refractivity (Wildman–Crippen MR) is 127 cm³/mol. The van der Waals surface area contributed by atoms with E-state index in [2.05, 4.69) is 6.92 Å². The Kier molecular flexibility index (Phi) is 16.0. The molecule has 1 aromatic carbocycles. The molecule has 0 bridgehead atoms. The van der Waals surface area contributed by atoms with Crippen molar-refractivity contribution >= 4 is 23.5 Å². The van der Waals surface area contributed by atoms with Gasteiger partial charge in [-0.25, -0.2) is 0 Å². The summed E-state index contributed by atoms with van der Waals surface area (Å²) in [5.41, 5.74) is 2.02. The zero-order valence-electron chi connectivity index (χ0n) is 19.6. The third kappa shape index (κ3) is 15.0. The van der Waals surface area contributed by atoms with Crippen molar-refractivity contribution in [3.05, 3.63) is 34.3 Å². The average Bonchev–Trinajstić information content (AvgIpc) is 2.74. The molecule has 0 saturated carbocycles. The summed E-state index contributed by atoms with van der Waals surface area (Å²) in [7, 11) is 0. The molecule has 5 heteroatoms. The van der Waals surface area contributed by atoms with E-state index in [1.165, 1.54) is 25.7 Å². The van der Waals surface area contributed by atoms with Crippen LogP contribution in [0.25, 0.3) is 0 Å². The first kappa shape index (κ1) is 27.5. The van der Waals surface area contributed by atoms with Crippen LogP contribution >= 0.6 is 11.6 Å². The normalized spacial score (nSPS) is 10.8. The molecule has 1 rings (SSSR count). The Labute approximate surface area is 194 Å². The van der Waals surface area contributed by atoms with Gasteiger partial charge in [0.2, 0.25) is 0 Å². The Hall–Kier alpha value is -1.55. The van der Waals surface area contributed by atoms with Crippen LogP contribution in [0, 0.1) is 6.92 Å². The van der Waals surface area contributed by atoms with Gasteiger partial charge in [-0.3, -0.25) is 9.59 Å². The summed E-state index contributed by atoms with van der Waals surface area (Å²) < 4.78 is 10.6. The topological polar surface area (TPSA) is 52.6 Å². The summed E-state index contributed by atoms with van der Waals surface area (Å²) in [6, 6.07) is 5.59. The van der Waals surface area contributed by atoms with Crippen molar-refractivity contribution in [2.45, 2.75) is 110 Å². The molecule has 0 atom stereocenters. The van der Waals surface area contributed by atoms with Crippen LogP contribution in [0.15, 0.2) is 18.2 Å². The molecule has 0 spiro atoms. The lowest BCUT2D eigenvalue weighted by molar-refractivity contribution is -0.145. The number of hydrogen-bond acceptors (Lipinski definition) is 4. The van der Waals surface area contributed by atoms with E-state index in [0.29, 0.717) is 31.1 Å². The zero-order valence-corrected chi connectivity index (χ0v) is 20.3. The van der Waals surface area contributed by atoms with Gasteiger partial charge in [0.1, 0.15) is 6.61 Å². The summed E-state index contributed by atoms with van der Waals surface area (Å²) in [6.07, 6.45) is 14.1. The number of benzene rings is 1. The van der Waals surface area contributed by atoms with Gasteiger partial charge in [-0.1, -0.05) is 82.4 Å². The van der Waals surface area contributed by atoms with Crippen molar-refractivity contribution in [3.63, 3.8) is 0 Å². The monoisotopic (exact) mass is 452 g/mol. The number of esters is 2. The minimum atomic E-state index is -0.151. The van der Waals surface area contributed by atoms with E-state index in [9.17, 15) is 9.59 Å². The lowest BCUT2D eigenvalue weighted by atomic mass is 10.1. The third-order valence-electron chi connectivity index (χ3n) is 5.47. The van der Waals surface area contributed by atoms with Gasteiger partial charge < -0.3 is 9.47 Å². The molecular formula is C26H41ClO4. The maximum absolute atomic E-state index is 11.9. The van der Waals surface area contributed by atoms with Crippen LogP contribution in [0.2, 0.25) is 5.02 Å². The van der Waals surface area contributed by atoms with Gasteiger partial charge in [-0.15, -0.1) is 0 Å². The van der Waals surface area contributed by atoms with Crippen LogP contribution in [0.4, 0.5) is 0 Å². The standard InChI is InChI=1S/C26H41ClO4/c1-3-4-5-6-11-14-19-30-25(28)15-12-9-7-8-10-13-16-26(29)31-21-23-17-18-24(27)20-22(23)2/h17-18,20H,3-16,19,21H2,1-2H3. The first-order valence-corrected chi connectivity index (χ1v) is 12.5. The molecule has 0 fully saturated rings. The molecule has 0 heterocycles. The van der Waals surface area contributed by atoms with Gasteiger partial charge in [-0.05, 0) is 49.4 Å². The van der Waals surface area contributed by atoms with Gasteiger partial charge in [0, 0.05) is 17.9 Å². The van der Waals surface area contributed by atoms with Crippen molar-refractivity contribution in [3.8, 4) is 0 Å². The van der Waals surface area contributed by atoms with Crippen LogP contribution in [0.3, 0.4) is 0 Å². The quantitative estimate of drug-likeness (QED) is 0.169. The Bertz CT molecular complexity index is 630. The molecule has 0 unspecified atom stereocenters. The van der Waals surface area contributed by atoms with Crippen molar-refractivity contribution in [2.24, 2.45) is 0 Å². The molecule has 0 aliphatic carbocycles.